The number of carbonyl (C=O) groups is 2. The van der Waals surface area contributed by atoms with Crippen molar-refractivity contribution in [2.24, 2.45) is 7.05 Å². The number of aliphatic hydroxyl groups is 1. The SMILES string of the molecule is Cc1cn(C)c(=O)nc1[C@@H]1N(C)C(=O)NC(=O)[C@]1(C)O. The molecule has 1 aromatic heterocycles. The summed E-state index contributed by atoms with van der Waals surface area (Å²) in [7, 11) is 2.98. The van der Waals surface area contributed by atoms with Gasteiger partial charge >= 0.3 is 11.7 Å². The predicted molar refractivity (Wildman–Crippen MR) is 68.9 cm³/mol. The molecule has 1 fully saturated rings. The number of imide groups is 1. The predicted octanol–water partition coefficient (Wildman–Crippen LogP) is -0.938. The van der Waals surface area contributed by atoms with Crippen LogP contribution in [0, 0.1) is 6.92 Å². The highest BCUT2D eigenvalue weighted by Crippen LogP contribution is 2.33. The minimum absolute atomic E-state index is 0.212. The second-order valence-electron chi connectivity index (χ2n) is 5.12. The molecule has 1 aromatic rings. The minimum atomic E-state index is -1.87. The first kappa shape index (κ1) is 14.2. The molecule has 2 heterocycles. The lowest BCUT2D eigenvalue weighted by Crippen LogP contribution is -2.63. The second kappa shape index (κ2) is 4.41. The van der Waals surface area contributed by atoms with Crippen LogP contribution in [0.4, 0.5) is 4.79 Å². The van der Waals surface area contributed by atoms with Gasteiger partial charge in [0.2, 0.25) is 0 Å². The summed E-state index contributed by atoms with van der Waals surface area (Å²) in [5, 5.41) is 12.4. The van der Waals surface area contributed by atoms with Crippen LogP contribution in [-0.4, -0.2) is 44.1 Å². The molecule has 108 valence electrons. The molecule has 0 spiro atoms. The van der Waals surface area contributed by atoms with Gasteiger partial charge in [-0.1, -0.05) is 0 Å². The Morgan fingerprint density at radius 2 is 1.95 bits per heavy atom. The van der Waals surface area contributed by atoms with E-state index in [4.69, 9.17) is 0 Å². The maximum absolute atomic E-state index is 11.8. The van der Waals surface area contributed by atoms with Crippen LogP contribution in [0.5, 0.6) is 0 Å². The number of rotatable bonds is 1. The smallest absolute Gasteiger partial charge is 0.347 e. The van der Waals surface area contributed by atoms with Crippen LogP contribution >= 0.6 is 0 Å². The summed E-state index contributed by atoms with van der Waals surface area (Å²) in [5.74, 6) is -0.813. The molecule has 0 radical (unpaired) electrons. The van der Waals surface area contributed by atoms with E-state index in [2.05, 4.69) is 10.3 Å². The molecule has 1 aliphatic rings. The lowest BCUT2D eigenvalue weighted by Gasteiger charge is -2.41. The number of aryl methyl sites for hydroxylation is 2. The highest BCUT2D eigenvalue weighted by molar-refractivity contribution is 6.01. The maximum Gasteiger partial charge on any atom is 0.347 e. The zero-order chi connectivity index (χ0) is 15.2. The average molecular weight is 280 g/mol. The van der Waals surface area contributed by atoms with E-state index in [0.29, 0.717) is 5.56 Å². The summed E-state index contributed by atoms with van der Waals surface area (Å²) in [6, 6.07) is -1.66. The van der Waals surface area contributed by atoms with E-state index in [1.165, 1.54) is 18.5 Å². The molecule has 0 aromatic carbocycles. The molecular weight excluding hydrogens is 264 g/mol. The Hall–Kier alpha value is -2.22. The summed E-state index contributed by atoms with van der Waals surface area (Å²) in [5.41, 5.74) is -1.57. The third kappa shape index (κ3) is 1.97. The zero-order valence-electron chi connectivity index (χ0n) is 11.7. The fraction of sp³-hybridized carbons (Fsp3) is 0.500. The van der Waals surface area contributed by atoms with Crippen LogP contribution in [0.1, 0.15) is 24.2 Å². The van der Waals surface area contributed by atoms with Gasteiger partial charge in [-0.15, -0.1) is 0 Å². The number of nitrogens with one attached hydrogen (secondary N) is 1. The molecule has 0 aliphatic carbocycles. The van der Waals surface area contributed by atoms with E-state index in [9.17, 15) is 19.5 Å². The minimum Gasteiger partial charge on any atom is -0.378 e. The van der Waals surface area contributed by atoms with Crippen LogP contribution in [0.25, 0.3) is 0 Å². The van der Waals surface area contributed by atoms with Crippen molar-refractivity contribution in [3.8, 4) is 0 Å². The molecular formula is C12H16N4O4. The molecule has 0 bridgehead atoms. The molecule has 2 atom stereocenters. The van der Waals surface area contributed by atoms with E-state index in [-0.39, 0.29) is 5.69 Å². The molecule has 1 aliphatic heterocycles. The molecule has 2 rings (SSSR count). The van der Waals surface area contributed by atoms with Crippen molar-refractivity contribution in [3.63, 3.8) is 0 Å². The first-order chi connectivity index (χ1) is 9.16. The Labute approximate surface area is 115 Å². The highest BCUT2D eigenvalue weighted by atomic mass is 16.3. The van der Waals surface area contributed by atoms with Crippen molar-refractivity contribution in [2.45, 2.75) is 25.5 Å². The number of nitrogens with zero attached hydrogens (tertiary/aromatic N) is 3. The van der Waals surface area contributed by atoms with Crippen LogP contribution in [0.2, 0.25) is 0 Å². The van der Waals surface area contributed by atoms with E-state index in [1.807, 2.05) is 0 Å². The van der Waals surface area contributed by atoms with Gasteiger partial charge in [0.05, 0.1) is 5.69 Å². The summed E-state index contributed by atoms with van der Waals surface area (Å²) in [6.07, 6.45) is 1.55. The Balaban J connectivity index is 2.64. The molecule has 8 nitrogen and oxygen atoms in total. The van der Waals surface area contributed by atoms with Gasteiger partial charge in [0.1, 0.15) is 6.04 Å². The number of carbonyl (C=O) groups excluding carboxylic acids is 2. The lowest BCUT2D eigenvalue weighted by atomic mass is 9.88. The Morgan fingerprint density at radius 3 is 2.55 bits per heavy atom. The summed E-state index contributed by atoms with van der Waals surface area (Å²) >= 11 is 0. The summed E-state index contributed by atoms with van der Waals surface area (Å²) in [6.45, 7) is 2.98. The lowest BCUT2D eigenvalue weighted by molar-refractivity contribution is -0.147. The first-order valence-electron chi connectivity index (χ1n) is 6.01. The average Bonchev–Trinajstić information content (AvgIpc) is 2.33. The van der Waals surface area contributed by atoms with Gasteiger partial charge < -0.3 is 14.6 Å². The quantitative estimate of drug-likeness (QED) is 0.691. The van der Waals surface area contributed by atoms with E-state index in [1.54, 1.807) is 20.2 Å². The van der Waals surface area contributed by atoms with E-state index >= 15 is 0 Å². The monoisotopic (exact) mass is 280 g/mol. The van der Waals surface area contributed by atoms with Crippen LogP contribution in [0.3, 0.4) is 0 Å². The van der Waals surface area contributed by atoms with Gasteiger partial charge in [-0.25, -0.2) is 9.59 Å². The first-order valence-corrected chi connectivity index (χ1v) is 6.01. The normalized spacial score (nSPS) is 26.6. The van der Waals surface area contributed by atoms with Gasteiger partial charge in [-0.2, -0.15) is 4.98 Å². The van der Waals surface area contributed by atoms with Crippen LogP contribution in [0.15, 0.2) is 11.0 Å². The van der Waals surface area contributed by atoms with Crippen LogP contribution < -0.4 is 11.0 Å². The molecule has 2 N–H and O–H groups in total. The fourth-order valence-corrected chi connectivity index (χ4v) is 2.34. The molecule has 3 amide bonds. The highest BCUT2D eigenvalue weighted by Gasteiger charge is 2.50. The van der Waals surface area contributed by atoms with Crippen molar-refractivity contribution < 1.29 is 14.7 Å². The number of likely N-dealkylation sites (N-methyl/N-ethyl adjacent to an activating group) is 1. The molecule has 20 heavy (non-hydrogen) atoms. The zero-order valence-corrected chi connectivity index (χ0v) is 11.7. The molecule has 0 unspecified atom stereocenters. The van der Waals surface area contributed by atoms with Gasteiger partial charge in [0.15, 0.2) is 5.60 Å². The van der Waals surface area contributed by atoms with Crippen molar-refractivity contribution in [1.82, 2.24) is 19.8 Å². The topological polar surface area (TPSA) is 105 Å². The Bertz CT molecular complexity index is 649. The molecule has 8 heteroatoms. The van der Waals surface area contributed by atoms with Gasteiger partial charge in [-0.3, -0.25) is 10.1 Å². The van der Waals surface area contributed by atoms with Gasteiger partial charge in [-0.05, 0) is 19.4 Å². The van der Waals surface area contributed by atoms with Gasteiger partial charge in [0, 0.05) is 20.3 Å². The Kier molecular flexibility index (Phi) is 3.13. The van der Waals surface area contributed by atoms with Crippen molar-refractivity contribution in [2.75, 3.05) is 7.05 Å². The maximum atomic E-state index is 11.8. The number of urea groups is 1. The summed E-state index contributed by atoms with van der Waals surface area (Å²) in [4.78, 5) is 40.2. The van der Waals surface area contributed by atoms with E-state index < -0.39 is 29.3 Å². The number of hydrogen-bond donors (Lipinski definition) is 2. The van der Waals surface area contributed by atoms with Crippen LogP contribution in [-0.2, 0) is 11.8 Å². The molecule has 0 saturated carbocycles. The Morgan fingerprint density at radius 1 is 1.35 bits per heavy atom. The van der Waals surface area contributed by atoms with Crippen molar-refractivity contribution >= 4 is 11.9 Å². The second-order valence-corrected chi connectivity index (χ2v) is 5.12. The largest absolute Gasteiger partial charge is 0.378 e. The standard InChI is InChI=1S/C12H16N4O4/c1-6-5-15(3)10(18)13-7(6)8-12(2,20)9(17)14-11(19)16(8)4/h5,8,20H,1-4H3,(H,14,17,19)/t8-,12+/m0/s1. The van der Waals surface area contributed by atoms with E-state index in [0.717, 1.165) is 4.90 Å². The molecule has 1 saturated heterocycles. The summed E-state index contributed by atoms with van der Waals surface area (Å²) < 4.78 is 1.29. The third-order valence-corrected chi connectivity index (χ3v) is 3.49. The third-order valence-electron chi connectivity index (χ3n) is 3.49. The number of hydrogen-bond acceptors (Lipinski definition) is 5. The number of aromatic nitrogens is 2. The fourth-order valence-electron chi connectivity index (χ4n) is 2.34. The number of amides is 3. The van der Waals surface area contributed by atoms with Gasteiger partial charge in [0.25, 0.3) is 5.91 Å². The van der Waals surface area contributed by atoms with Crippen molar-refractivity contribution in [1.29, 1.82) is 0 Å². The van der Waals surface area contributed by atoms with Crippen molar-refractivity contribution in [3.05, 3.63) is 27.9 Å².